The molecule has 4 rings (SSSR count). The number of nitrogens with zero attached hydrogens (tertiary/aromatic N) is 3. The number of carbonyl (C=O) groups is 1. The van der Waals surface area contributed by atoms with E-state index in [0.29, 0.717) is 24.5 Å². The van der Waals surface area contributed by atoms with Gasteiger partial charge in [0.1, 0.15) is 11.5 Å². The van der Waals surface area contributed by atoms with Crippen molar-refractivity contribution in [2.75, 3.05) is 6.54 Å². The summed E-state index contributed by atoms with van der Waals surface area (Å²) in [7, 11) is 0. The average molecular weight is 314 g/mol. The van der Waals surface area contributed by atoms with Crippen molar-refractivity contribution in [1.29, 1.82) is 0 Å². The molecular weight excluding hydrogens is 300 g/mol. The number of rotatable bonds is 2. The molecule has 4 heterocycles. The van der Waals surface area contributed by atoms with Crippen molar-refractivity contribution in [2.24, 2.45) is 0 Å². The first-order chi connectivity index (χ1) is 10.7. The van der Waals surface area contributed by atoms with Gasteiger partial charge in [-0.1, -0.05) is 11.2 Å². The highest BCUT2D eigenvalue weighted by molar-refractivity contribution is 7.13. The summed E-state index contributed by atoms with van der Waals surface area (Å²) in [6.07, 6.45) is 0.774. The van der Waals surface area contributed by atoms with Crippen LogP contribution in [-0.4, -0.2) is 32.7 Å². The van der Waals surface area contributed by atoms with E-state index in [4.69, 9.17) is 4.52 Å². The summed E-state index contributed by atoms with van der Waals surface area (Å²) in [5.74, 6) is 0.546. The standard InChI is InChI=1S/C15H14N4O2S/c1-9-7-12(18-21-9)15(20)19-5-4-11-10(8-19)14(17-16-11)13-3-2-6-22-13/h2-3,6-7H,4-5,8H2,1H3,(H,16,17). The normalized spacial score (nSPS) is 14.1. The minimum atomic E-state index is -0.0965. The fourth-order valence-corrected chi connectivity index (χ4v) is 3.46. The van der Waals surface area contributed by atoms with E-state index in [1.165, 1.54) is 0 Å². The van der Waals surface area contributed by atoms with E-state index in [1.807, 2.05) is 17.5 Å². The lowest BCUT2D eigenvalue weighted by molar-refractivity contribution is 0.0724. The summed E-state index contributed by atoms with van der Waals surface area (Å²) >= 11 is 1.65. The minimum Gasteiger partial charge on any atom is -0.361 e. The number of hydrogen-bond acceptors (Lipinski definition) is 5. The molecule has 0 saturated carbocycles. The lowest BCUT2D eigenvalue weighted by atomic mass is 10.0. The number of aromatic amines is 1. The molecule has 1 aliphatic heterocycles. The molecule has 0 spiro atoms. The van der Waals surface area contributed by atoms with Crippen molar-refractivity contribution in [2.45, 2.75) is 19.9 Å². The van der Waals surface area contributed by atoms with Crippen LogP contribution in [0.25, 0.3) is 10.6 Å². The van der Waals surface area contributed by atoms with Crippen LogP contribution < -0.4 is 0 Å². The van der Waals surface area contributed by atoms with Gasteiger partial charge < -0.3 is 9.42 Å². The highest BCUT2D eigenvalue weighted by atomic mass is 32.1. The van der Waals surface area contributed by atoms with Gasteiger partial charge in [0.25, 0.3) is 5.91 Å². The molecule has 1 amide bonds. The Morgan fingerprint density at radius 2 is 2.41 bits per heavy atom. The lowest BCUT2D eigenvalue weighted by Gasteiger charge is -2.26. The summed E-state index contributed by atoms with van der Waals surface area (Å²) in [6, 6.07) is 5.72. The first-order valence-electron chi connectivity index (χ1n) is 7.05. The third kappa shape index (κ3) is 2.14. The molecule has 0 atom stereocenters. The molecular formula is C15H14N4O2S. The van der Waals surface area contributed by atoms with Crippen LogP contribution >= 0.6 is 11.3 Å². The van der Waals surface area contributed by atoms with Crippen LogP contribution in [0.15, 0.2) is 28.1 Å². The molecule has 7 heteroatoms. The molecule has 3 aromatic heterocycles. The first kappa shape index (κ1) is 13.3. The number of hydrogen-bond donors (Lipinski definition) is 1. The lowest BCUT2D eigenvalue weighted by Crippen LogP contribution is -2.36. The van der Waals surface area contributed by atoms with Gasteiger partial charge in [-0.3, -0.25) is 9.89 Å². The third-order valence-electron chi connectivity index (χ3n) is 3.82. The molecule has 0 unspecified atom stereocenters. The summed E-state index contributed by atoms with van der Waals surface area (Å²) in [4.78, 5) is 15.4. The van der Waals surface area contributed by atoms with Crippen LogP contribution in [-0.2, 0) is 13.0 Å². The number of aromatic nitrogens is 3. The molecule has 112 valence electrons. The minimum absolute atomic E-state index is 0.0965. The van der Waals surface area contributed by atoms with Crippen molar-refractivity contribution < 1.29 is 9.32 Å². The van der Waals surface area contributed by atoms with Crippen molar-refractivity contribution in [3.8, 4) is 10.6 Å². The van der Waals surface area contributed by atoms with Crippen molar-refractivity contribution in [3.05, 3.63) is 46.3 Å². The third-order valence-corrected chi connectivity index (χ3v) is 4.70. The second-order valence-corrected chi connectivity index (χ2v) is 6.25. The van der Waals surface area contributed by atoms with Crippen LogP contribution in [0.3, 0.4) is 0 Å². The topological polar surface area (TPSA) is 75.0 Å². The average Bonchev–Trinajstić information content (AvgIpc) is 3.25. The van der Waals surface area contributed by atoms with Crippen molar-refractivity contribution >= 4 is 17.2 Å². The zero-order valence-corrected chi connectivity index (χ0v) is 12.8. The predicted octanol–water partition coefficient (Wildman–Crippen LogP) is 2.63. The van der Waals surface area contributed by atoms with Gasteiger partial charge >= 0.3 is 0 Å². The summed E-state index contributed by atoms with van der Waals surface area (Å²) < 4.78 is 5.00. The number of amides is 1. The molecule has 3 aromatic rings. The quantitative estimate of drug-likeness (QED) is 0.789. The molecule has 22 heavy (non-hydrogen) atoms. The number of aryl methyl sites for hydroxylation is 1. The number of nitrogens with one attached hydrogen (secondary N) is 1. The second kappa shape index (κ2) is 5.10. The van der Waals surface area contributed by atoms with Gasteiger partial charge in [0.05, 0.1) is 11.4 Å². The molecule has 0 radical (unpaired) electrons. The highest BCUT2D eigenvalue weighted by Crippen LogP contribution is 2.31. The van der Waals surface area contributed by atoms with E-state index in [9.17, 15) is 4.79 Å². The van der Waals surface area contributed by atoms with E-state index in [2.05, 4.69) is 15.4 Å². The number of fused-ring (bicyclic) bond motifs is 1. The maximum Gasteiger partial charge on any atom is 0.276 e. The molecule has 0 saturated heterocycles. The Morgan fingerprint density at radius 3 is 3.14 bits per heavy atom. The fourth-order valence-electron chi connectivity index (χ4n) is 2.71. The van der Waals surface area contributed by atoms with Gasteiger partial charge in [-0.2, -0.15) is 5.10 Å². The summed E-state index contributed by atoms with van der Waals surface area (Å²) in [6.45, 7) is 2.98. The maximum atomic E-state index is 12.5. The summed E-state index contributed by atoms with van der Waals surface area (Å²) in [5.41, 5.74) is 3.52. The van der Waals surface area contributed by atoms with Gasteiger partial charge in [-0.05, 0) is 18.4 Å². The van der Waals surface area contributed by atoms with E-state index in [1.54, 1.807) is 29.2 Å². The molecule has 0 aromatic carbocycles. The predicted molar refractivity (Wildman–Crippen MR) is 81.6 cm³/mol. The van der Waals surface area contributed by atoms with Gasteiger partial charge in [-0.15, -0.1) is 11.3 Å². The van der Waals surface area contributed by atoms with Crippen molar-refractivity contribution in [3.63, 3.8) is 0 Å². The maximum absolute atomic E-state index is 12.5. The molecule has 6 nitrogen and oxygen atoms in total. The van der Waals surface area contributed by atoms with Crippen LogP contribution in [0.2, 0.25) is 0 Å². The van der Waals surface area contributed by atoms with Gasteiger partial charge in [0, 0.05) is 30.3 Å². The molecule has 0 aliphatic carbocycles. The Balaban J connectivity index is 1.63. The van der Waals surface area contributed by atoms with E-state index in [-0.39, 0.29) is 5.91 Å². The Hall–Kier alpha value is -2.41. The highest BCUT2D eigenvalue weighted by Gasteiger charge is 2.27. The van der Waals surface area contributed by atoms with Crippen LogP contribution in [0.5, 0.6) is 0 Å². The second-order valence-electron chi connectivity index (χ2n) is 5.31. The zero-order valence-electron chi connectivity index (χ0n) is 12.0. The van der Waals surface area contributed by atoms with Crippen molar-refractivity contribution in [1.82, 2.24) is 20.3 Å². The Morgan fingerprint density at radius 1 is 1.50 bits per heavy atom. The van der Waals surface area contributed by atoms with E-state index in [0.717, 1.165) is 28.2 Å². The molecule has 1 N–H and O–H groups in total. The first-order valence-corrected chi connectivity index (χ1v) is 7.93. The Labute approximate surface area is 130 Å². The van der Waals surface area contributed by atoms with E-state index < -0.39 is 0 Å². The Kier molecular flexibility index (Phi) is 3.07. The van der Waals surface area contributed by atoms with Gasteiger partial charge in [-0.25, -0.2) is 0 Å². The molecule has 0 bridgehead atoms. The smallest absolute Gasteiger partial charge is 0.276 e. The van der Waals surface area contributed by atoms with Crippen LogP contribution in [0.4, 0.5) is 0 Å². The van der Waals surface area contributed by atoms with Crippen LogP contribution in [0, 0.1) is 6.92 Å². The number of H-pyrrole nitrogens is 1. The van der Waals surface area contributed by atoms with E-state index >= 15 is 0 Å². The fraction of sp³-hybridized carbons (Fsp3) is 0.267. The van der Waals surface area contributed by atoms with Gasteiger partial charge in [0.15, 0.2) is 5.69 Å². The Bertz CT molecular complexity index is 819. The van der Waals surface area contributed by atoms with Crippen LogP contribution in [0.1, 0.15) is 27.5 Å². The van der Waals surface area contributed by atoms with Gasteiger partial charge in [0.2, 0.25) is 0 Å². The zero-order chi connectivity index (χ0) is 15.1. The SMILES string of the molecule is Cc1cc(C(=O)N2CCc3[nH]nc(-c4cccs4)c3C2)no1. The molecule has 1 aliphatic rings. The summed E-state index contributed by atoms with van der Waals surface area (Å²) in [5, 5.41) is 13.4. The molecule has 0 fully saturated rings. The number of thiophene rings is 1. The monoisotopic (exact) mass is 314 g/mol. The largest absolute Gasteiger partial charge is 0.361 e. The number of carbonyl (C=O) groups excluding carboxylic acids is 1.